The molecule has 0 unspecified atom stereocenters. The number of unbranched alkanes of at least 4 members (excludes halogenated alkanes) is 1. The molecule has 0 aliphatic rings. The van der Waals surface area contributed by atoms with Crippen molar-refractivity contribution >= 4 is 11.6 Å². The molecule has 21 heavy (non-hydrogen) atoms. The Balaban J connectivity index is 1.93. The lowest BCUT2D eigenvalue weighted by Gasteiger charge is -2.09. The van der Waals surface area contributed by atoms with Crippen molar-refractivity contribution in [3.05, 3.63) is 54.6 Å². The van der Waals surface area contributed by atoms with Gasteiger partial charge in [-0.2, -0.15) is 0 Å². The Hall–Kier alpha value is -2.33. The number of rotatable bonds is 7. The van der Waals surface area contributed by atoms with Crippen LogP contribution >= 0.6 is 0 Å². The van der Waals surface area contributed by atoms with Crippen LogP contribution in [0, 0.1) is 0 Å². The molecule has 0 aromatic heterocycles. The summed E-state index contributed by atoms with van der Waals surface area (Å²) in [5.74, 6) is 1.37. The third-order valence-corrected chi connectivity index (χ3v) is 2.91. The molecular formula is C17H19NO3. The maximum absolute atomic E-state index is 11.7. The fraction of sp³-hybridized carbons (Fsp3) is 0.235. The van der Waals surface area contributed by atoms with E-state index in [0.29, 0.717) is 30.7 Å². The van der Waals surface area contributed by atoms with Crippen molar-refractivity contribution in [1.82, 2.24) is 0 Å². The first kappa shape index (κ1) is 15.1. The minimum Gasteiger partial charge on any atom is -0.457 e. The summed E-state index contributed by atoms with van der Waals surface area (Å²) in [4.78, 5) is 11.7. The topological polar surface area (TPSA) is 58.6 Å². The van der Waals surface area contributed by atoms with Crippen LogP contribution in [-0.2, 0) is 4.79 Å². The van der Waals surface area contributed by atoms with Crippen LogP contribution in [0.1, 0.15) is 19.3 Å². The van der Waals surface area contributed by atoms with E-state index in [1.165, 1.54) is 0 Å². The van der Waals surface area contributed by atoms with Gasteiger partial charge in [0.2, 0.25) is 5.91 Å². The first-order valence-corrected chi connectivity index (χ1v) is 7.01. The van der Waals surface area contributed by atoms with E-state index >= 15 is 0 Å². The number of nitrogens with one attached hydrogen (secondary N) is 1. The average molecular weight is 285 g/mol. The second-order valence-corrected chi connectivity index (χ2v) is 4.67. The van der Waals surface area contributed by atoms with Crippen molar-refractivity contribution in [1.29, 1.82) is 0 Å². The number of ether oxygens (including phenoxy) is 1. The predicted molar refractivity (Wildman–Crippen MR) is 82.5 cm³/mol. The average Bonchev–Trinajstić information content (AvgIpc) is 2.49. The summed E-state index contributed by atoms with van der Waals surface area (Å²) >= 11 is 0. The van der Waals surface area contributed by atoms with E-state index in [4.69, 9.17) is 9.84 Å². The zero-order valence-electron chi connectivity index (χ0n) is 11.8. The van der Waals surface area contributed by atoms with Crippen LogP contribution in [0.15, 0.2) is 54.6 Å². The Labute approximate surface area is 124 Å². The monoisotopic (exact) mass is 285 g/mol. The van der Waals surface area contributed by atoms with Gasteiger partial charge < -0.3 is 15.2 Å². The van der Waals surface area contributed by atoms with Gasteiger partial charge in [0.15, 0.2) is 0 Å². The maximum Gasteiger partial charge on any atom is 0.224 e. The van der Waals surface area contributed by atoms with Crippen molar-refractivity contribution < 1.29 is 14.6 Å². The number of hydrogen-bond donors (Lipinski definition) is 2. The summed E-state index contributed by atoms with van der Waals surface area (Å²) in [6.45, 7) is 0.119. The molecule has 2 N–H and O–H groups in total. The number of carbonyl (C=O) groups is 1. The van der Waals surface area contributed by atoms with Crippen LogP contribution in [-0.4, -0.2) is 17.6 Å². The van der Waals surface area contributed by atoms with Gasteiger partial charge in [0.1, 0.15) is 11.5 Å². The zero-order valence-corrected chi connectivity index (χ0v) is 11.8. The van der Waals surface area contributed by atoms with Gasteiger partial charge in [-0.15, -0.1) is 0 Å². The third-order valence-electron chi connectivity index (χ3n) is 2.91. The first-order valence-electron chi connectivity index (χ1n) is 7.01. The first-order chi connectivity index (χ1) is 10.3. The van der Waals surface area contributed by atoms with Crippen molar-refractivity contribution in [2.75, 3.05) is 11.9 Å². The smallest absolute Gasteiger partial charge is 0.224 e. The van der Waals surface area contributed by atoms with Crippen LogP contribution in [0.3, 0.4) is 0 Å². The van der Waals surface area contributed by atoms with Gasteiger partial charge in [0.05, 0.1) is 0 Å². The van der Waals surface area contributed by atoms with Crippen LogP contribution in [0.4, 0.5) is 5.69 Å². The van der Waals surface area contributed by atoms with Gasteiger partial charge in [-0.3, -0.25) is 4.79 Å². The minimum absolute atomic E-state index is 0.0553. The Morgan fingerprint density at radius 2 is 1.76 bits per heavy atom. The van der Waals surface area contributed by atoms with E-state index in [0.717, 1.165) is 5.75 Å². The number of benzene rings is 2. The summed E-state index contributed by atoms with van der Waals surface area (Å²) in [6, 6.07) is 16.8. The number of aliphatic hydroxyl groups is 1. The van der Waals surface area contributed by atoms with Gasteiger partial charge >= 0.3 is 0 Å². The van der Waals surface area contributed by atoms with Crippen LogP contribution in [0.2, 0.25) is 0 Å². The van der Waals surface area contributed by atoms with Gasteiger partial charge in [-0.25, -0.2) is 0 Å². The fourth-order valence-electron chi connectivity index (χ4n) is 1.88. The van der Waals surface area contributed by atoms with E-state index in [1.54, 1.807) is 6.07 Å². The lowest BCUT2D eigenvalue weighted by molar-refractivity contribution is -0.116. The van der Waals surface area contributed by atoms with Crippen LogP contribution in [0.5, 0.6) is 11.5 Å². The molecule has 0 radical (unpaired) electrons. The van der Waals surface area contributed by atoms with E-state index in [2.05, 4.69) is 5.32 Å². The molecule has 0 bridgehead atoms. The number of carbonyl (C=O) groups excluding carboxylic acids is 1. The molecular weight excluding hydrogens is 266 g/mol. The van der Waals surface area contributed by atoms with E-state index in [1.807, 2.05) is 48.5 Å². The third kappa shape index (κ3) is 5.28. The predicted octanol–water partition coefficient (Wildman–Crippen LogP) is 3.58. The van der Waals surface area contributed by atoms with Gasteiger partial charge in [0, 0.05) is 24.8 Å². The highest BCUT2D eigenvalue weighted by Gasteiger charge is 2.03. The quantitative estimate of drug-likeness (QED) is 0.764. The van der Waals surface area contributed by atoms with Crippen molar-refractivity contribution in [2.45, 2.75) is 19.3 Å². The van der Waals surface area contributed by atoms with Gasteiger partial charge in [0.25, 0.3) is 0 Å². The SMILES string of the molecule is O=C(CCCCO)Nc1cccc(Oc2ccccc2)c1. The normalized spacial score (nSPS) is 10.1. The highest BCUT2D eigenvalue weighted by atomic mass is 16.5. The highest BCUT2D eigenvalue weighted by Crippen LogP contribution is 2.23. The molecule has 110 valence electrons. The number of hydrogen-bond acceptors (Lipinski definition) is 3. The van der Waals surface area contributed by atoms with Gasteiger partial charge in [-0.05, 0) is 37.1 Å². The van der Waals surface area contributed by atoms with E-state index < -0.39 is 0 Å². The fourth-order valence-corrected chi connectivity index (χ4v) is 1.88. The highest BCUT2D eigenvalue weighted by molar-refractivity contribution is 5.90. The molecule has 0 aliphatic heterocycles. The van der Waals surface area contributed by atoms with E-state index in [-0.39, 0.29) is 12.5 Å². The standard InChI is InChI=1S/C17H19NO3/c19-12-5-4-11-17(20)18-14-7-6-10-16(13-14)21-15-8-2-1-3-9-15/h1-3,6-10,13,19H,4-5,11-12H2,(H,18,20). The second kappa shape index (κ2) is 8.07. The van der Waals surface area contributed by atoms with Crippen molar-refractivity contribution in [3.63, 3.8) is 0 Å². The van der Waals surface area contributed by atoms with E-state index in [9.17, 15) is 4.79 Å². The minimum atomic E-state index is -0.0553. The van der Waals surface area contributed by atoms with Crippen molar-refractivity contribution in [2.24, 2.45) is 0 Å². The largest absolute Gasteiger partial charge is 0.457 e. The maximum atomic E-state index is 11.7. The molecule has 2 rings (SSSR count). The Morgan fingerprint density at radius 1 is 1.00 bits per heavy atom. The molecule has 0 fully saturated rings. The molecule has 4 nitrogen and oxygen atoms in total. The molecule has 0 saturated heterocycles. The lowest BCUT2D eigenvalue weighted by atomic mass is 10.2. The Bertz CT molecular complexity index is 569. The summed E-state index contributed by atoms with van der Waals surface area (Å²) in [5, 5.41) is 11.5. The summed E-state index contributed by atoms with van der Waals surface area (Å²) in [6.07, 6.45) is 1.73. The number of para-hydroxylation sites is 1. The zero-order chi connectivity index (χ0) is 14.9. The molecule has 0 saturated carbocycles. The van der Waals surface area contributed by atoms with Crippen LogP contribution < -0.4 is 10.1 Å². The molecule has 0 spiro atoms. The molecule has 2 aromatic rings. The lowest BCUT2D eigenvalue weighted by Crippen LogP contribution is -2.11. The molecule has 1 amide bonds. The number of aliphatic hydroxyl groups excluding tert-OH is 1. The summed E-state index contributed by atoms with van der Waals surface area (Å²) in [7, 11) is 0. The molecule has 0 heterocycles. The molecule has 0 atom stereocenters. The van der Waals surface area contributed by atoms with Crippen LogP contribution in [0.25, 0.3) is 0 Å². The Kier molecular flexibility index (Phi) is 5.79. The molecule has 0 aliphatic carbocycles. The molecule has 4 heteroatoms. The summed E-state index contributed by atoms with van der Waals surface area (Å²) in [5.41, 5.74) is 0.706. The number of anilines is 1. The van der Waals surface area contributed by atoms with Crippen molar-refractivity contribution in [3.8, 4) is 11.5 Å². The molecule has 2 aromatic carbocycles. The Morgan fingerprint density at radius 3 is 2.52 bits per heavy atom. The van der Waals surface area contributed by atoms with Gasteiger partial charge in [-0.1, -0.05) is 24.3 Å². The number of amides is 1. The second-order valence-electron chi connectivity index (χ2n) is 4.67. The summed E-state index contributed by atoms with van der Waals surface area (Å²) < 4.78 is 5.71.